The van der Waals surface area contributed by atoms with Crippen molar-refractivity contribution in [1.82, 2.24) is 0 Å². The molecule has 0 bridgehead atoms. The van der Waals surface area contributed by atoms with Gasteiger partial charge >= 0.3 is 0 Å². The zero-order valence-electron chi connectivity index (χ0n) is 12.1. The van der Waals surface area contributed by atoms with Crippen LogP contribution in [0.25, 0.3) is 0 Å². The summed E-state index contributed by atoms with van der Waals surface area (Å²) >= 11 is 0. The summed E-state index contributed by atoms with van der Waals surface area (Å²) in [5.74, 6) is -0.00938. The summed E-state index contributed by atoms with van der Waals surface area (Å²) in [7, 11) is 0. The van der Waals surface area contributed by atoms with Gasteiger partial charge in [-0.15, -0.1) is 0 Å². The van der Waals surface area contributed by atoms with Crippen molar-refractivity contribution < 1.29 is 14.6 Å². The first-order chi connectivity index (χ1) is 9.24. The molecule has 0 aromatic rings. The molecule has 0 radical (unpaired) electrons. The third kappa shape index (κ3) is 7.48. The van der Waals surface area contributed by atoms with E-state index in [-0.39, 0.29) is 5.78 Å². The van der Waals surface area contributed by atoms with Gasteiger partial charge in [-0.1, -0.05) is 64.7 Å². The molecule has 2 unspecified atom stereocenters. The molecule has 0 aromatic heterocycles. The molecule has 0 saturated carbocycles. The van der Waals surface area contributed by atoms with Crippen LogP contribution in [-0.2, 0) is 9.53 Å². The van der Waals surface area contributed by atoms with Gasteiger partial charge in [0.1, 0.15) is 6.10 Å². The summed E-state index contributed by atoms with van der Waals surface area (Å²) in [5, 5.41) is 9.28. The van der Waals surface area contributed by atoms with Crippen LogP contribution in [-0.4, -0.2) is 23.3 Å². The number of ether oxygens (including phenoxy) is 1. The van der Waals surface area contributed by atoms with Gasteiger partial charge < -0.3 is 9.84 Å². The van der Waals surface area contributed by atoms with Crippen molar-refractivity contribution in [1.29, 1.82) is 0 Å². The van der Waals surface area contributed by atoms with Crippen LogP contribution < -0.4 is 0 Å². The van der Waals surface area contributed by atoms with Crippen LogP contribution in [0, 0.1) is 0 Å². The molecule has 0 aliphatic carbocycles. The Kier molecular flexibility index (Phi) is 8.76. The molecule has 0 spiro atoms. The van der Waals surface area contributed by atoms with E-state index in [4.69, 9.17) is 4.74 Å². The smallest absolute Gasteiger partial charge is 0.184 e. The second-order valence-corrected chi connectivity index (χ2v) is 5.39. The maximum atomic E-state index is 11.5. The molecule has 0 saturated heterocycles. The van der Waals surface area contributed by atoms with Gasteiger partial charge in [0.25, 0.3) is 0 Å². The van der Waals surface area contributed by atoms with E-state index in [2.05, 4.69) is 6.92 Å². The lowest BCUT2D eigenvalue weighted by atomic mass is 10.0. The number of unbranched alkanes of at least 4 members (excludes halogenated alkanes) is 8. The maximum absolute atomic E-state index is 11.5. The minimum atomic E-state index is -0.902. The summed E-state index contributed by atoms with van der Waals surface area (Å²) in [6.07, 6.45) is 13.7. The minimum Gasteiger partial charge on any atom is -0.365 e. The number of rotatable bonds is 10. The Balaban J connectivity index is 1.93. The molecule has 3 heteroatoms. The lowest BCUT2D eigenvalue weighted by Gasteiger charge is -2.21. The van der Waals surface area contributed by atoms with Crippen molar-refractivity contribution in [2.24, 2.45) is 0 Å². The fraction of sp³-hybridized carbons (Fsp3) is 0.812. The third-order valence-electron chi connectivity index (χ3n) is 3.62. The SMILES string of the molecule is CCCCCCCCCCCC1OC(O)C=CC1=O. The van der Waals surface area contributed by atoms with Gasteiger partial charge in [0.05, 0.1) is 0 Å². The Morgan fingerprint density at radius 2 is 1.63 bits per heavy atom. The first kappa shape index (κ1) is 16.4. The van der Waals surface area contributed by atoms with E-state index in [0.29, 0.717) is 0 Å². The van der Waals surface area contributed by atoms with Crippen molar-refractivity contribution in [3.05, 3.63) is 12.2 Å². The van der Waals surface area contributed by atoms with Crippen LogP contribution in [0.2, 0.25) is 0 Å². The Labute approximate surface area is 117 Å². The highest BCUT2D eigenvalue weighted by atomic mass is 16.6. The van der Waals surface area contributed by atoms with Crippen molar-refractivity contribution >= 4 is 5.78 Å². The average molecular weight is 268 g/mol. The summed E-state index contributed by atoms with van der Waals surface area (Å²) < 4.78 is 5.19. The van der Waals surface area contributed by atoms with Gasteiger partial charge in [0, 0.05) is 0 Å². The minimum absolute atomic E-state index is 0.00938. The molecule has 3 nitrogen and oxygen atoms in total. The van der Waals surface area contributed by atoms with E-state index < -0.39 is 12.4 Å². The van der Waals surface area contributed by atoms with Crippen LogP contribution in [0.1, 0.15) is 71.1 Å². The molecule has 1 N–H and O–H groups in total. The zero-order valence-corrected chi connectivity index (χ0v) is 12.1. The van der Waals surface area contributed by atoms with E-state index in [0.717, 1.165) is 19.3 Å². The van der Waals surface area contributed by atoms with Crippen molar-refractivity contribution in [3.8, 4) is 0 Å². The van der Waals surface area contributed by atoms with Gasteiger partial charge in [0.2, 0.25) is 0 Å². The van der Waals surface area contributed by atoms with Gasteiger partial charge in [-0.2, -0.15) is 0 Å². The highest BCUT2D eigenvalue weighted by Gasteiger charge is 2.22. The number of aliphatic hydroxyl groups is 1. The Bertz CT molecular complexity index is 273. The standard InChI is InChI=1S/C16H28O3/c1-2-3-4-5-6-7-8-9-10-11-15-14(17)12-13-16(18)19-15/h12-13,15-16,18H,2-11H2,1H3. The molecule has 1 rings (SSSR count). The quantitative estimate of drug-likeness (QED) is 0.614. The molecule has 1 aliphatic heterocycles. The average Bonchev–Trinajstić information content (AvgIpc) is 2.40. The van der Waals surface area contributed by atoms with E-state index >= 15 is 0 Å². The number of carbonyl (C=O) groups excluding carboxylic acids is 1. The van der Waals surface area contributed by atoms with Crippen molar-refractivity contribution in [2.45, 2.75) is 83.5 Å². The fourth-order valence-corrected chi connectivity index (χ4v) is 2.42. The van der Waals surface area contributed by atoms with Crippen LogP contribution in [0.4, 0.5) is 0 Å². The lowest BCUT2D eigenvalue weighted by molar-refractivity contribution is -0.149. The van der Waals surface area contributed by atoms with Gasteiger partial charge in [-0.3, -0.25) is 4.79 Å². The molecule has 0 amide bonds. The summed E-state index contributed by atoms with van der Waals surface area (Å²) in [5.41, 5.74) is 0. The second-order valence-electron chi connectivity index (χ2n) is 5.39. The maximum Gasteiger partial charge on any atom is 0.184 e. The van der Waals surface area contributed by atoms with Crippen LogP contribution in [0.3, 0.4) is 0 Å². The molecule has 19 heavy (non-hydrogen) atoms. The molecule has 0 aromatic carbocycles. The third-order valence-corrected chi connectivity index (χ3v) is 3.62. The predicted molar refractivity (Wildman–Crippen MR) is 76.9 cm³/mol. The van der Waals surface area contributed by atoms with E-state index in [1.54, 1.807) is 0 Å². The molecule has 1 heterocycles. The highest BCUT2D eigenvalue weighted by Crippen LogP contribution is 2.16. The van der Waals surface area contributed by atoms with Crippen LogP contribution in [0.5, 0.6) is 0 Å². The van der Waals surface area contributed by atoms with Crippen molar-refractivity contribution in [2.75, 3.05) is 0 Å². The normalized spacial score (nSPS) is 22.9. The first-order valence-corrected chi connectivity index (χ1v) is 7.79. The van der Waals surface area contributed by atoms with E-state index in [1.165, 1.54) is 57.1 Å². The summed E-state index contributed by atoms with van der Waals surface area (Å²) in [6.45, 7) is 2.24. The van der Waals surface area contributed by atoms with Crippen molar-refractivity contribution in [3.63, 3.8) is 0 Å². The molecular formula is C16H28O3. The van der Waals surface area contributed by atoms with Gasteiger partial charge in [-0.05, 0) is 18.6 Å². The Morgan fingerprint density at radius 1 is 1.05 bits per heavy atom. The number of carbonyl (C=O) groups is 1. The van der Waals surface area contributed by atoms with Gasteiger partial charge in [-0.25, -0.2) is 0 Å². The summed E-state index contributed by atoms with van der Waals surface area (Å²) in [6, 6.07) is 0. The topological polar surface area (TPSA) is 46.5 Å². The fourth-order valence-electron chi connectivity index (χ4n) is 2.42. The molecule has 110 valence electrons. The highest BCUT2D eigenvalue weighted by molar-refractivity contribution is 5.94. The summed E-state index contributed by atoms with van der Waals surface area (Å²) in [4.78, 5) is 11.5. The first-order valence-electron chi connectivity index (χ1n) is 7.79. The molecule has 1 aliphatic rings. The number of hydrogen-bond acceptors (Lipinski definition) is 3. The Hall–Kier alpha value is -0.670. The predicted octanol–water partition coefficient (Wildman–Crippen LogP) is 3.75. The molecule has 0 fully saturated rings. The molecular weight excluding hydrogens is 240 g/mol. The second kappa shape index (κ2) is 10.2. The number of aliphatic hydroxyl groups excluding tert-OH is 1. The molecule has 2 atom stereocenters. The zero-order chi connectivity index (χ0) is 13.9. The van der Waals surface area contributed by atoms with Crippen LogP contribution >= 0.6 is 0 Å². The van der Waals surface area contributed by atoms with E-state index in [9.17, 15) is 9.90 Å². The largest absolute Gasteiger partial charge is 0.365 e. The Morgan fingerprint density at radius 3 is 2.26 bits per heavy atom. The van der Waals surface area contributed by atoms with E-state index in [1.807, 2.05) is 0 Å². The monoisotopic (exact) mass is 268 g/mol. The number of hydrogen-bond donors (Lipinski definition) is 1. The number of ketones is 1. The van der Waals surface area contributed by atoms with Crippen LogP contribution in [0.15, 0.2) is 12.2 Å². The van der Waals surface area contributed by atoms with Gasteiger partial charge in [0.15, 0.2) is 12.1 Å². The lowest BCUT2D eigenvalue weighted by Crippen LogP contribution is -2.31.